The van der Waals surface area contributed by atoms with Crippen LogP contribution < -0.4 is 0 Å². The first kappa shape index (κ1) is 18.1. The number of sulfone groups is 1. The second-order valence-electron chi connectivity index (χ2n) is 4.93. The molecule has 0 fully saturated rings. The monoisotopic (exact) mass is 356 g/mol. The zero-order valence-electron chi connectivity index (χ0n) is 11.4. The smallest absolute Gasteiger partial charge is 0.150 e. The van der Waals surface area contributed by atoms with Crippen LogP contribution in [0.1, 0.15) is 25.3 Å². The van der Waals surface area contributed by atoms with Gasteiger partial charge in [-0.2, -0.15) is 0 Å². The van der Waals surface area contributed by atoms with Crippen LogP contribution >= 0.6 is 34.8 Å². The molecule has 1 aromatic rings. The summed E-state index contributed by atoms with van der Waals surface area (Å²) in [4.78, 5) is 0. The van der Waals surface area contributed by atoms with E-state index < -0.39 is 15.3 Å². The van der Waals surface area contributed by atoms with Crippen LogP contribution in [0.4, 0.5) is 0 Å². The highest BCUT2D eigenvalue weighted by Gasteiger charge is 2.33. The van der Waals surface area contributed by atoms with Gasteiger partial charge in [0.25, 0.3) is 0 Å². The number of benzene rings is 1. The van der Waals surface area contributed by atoms with Crippen LogP contribution in [0.15, 0.2) is 24.3 Å². The molecule has 20 heavy (non-hydrogen) atoms. The van der Waals surface area contributed by atoms with Crippen molar-refractivity contribution in [2.75, 3.05) is 23.3 Å². The van der Waals surface area contributed by atoms with Gasteiger partial charge >= 0.3 is 0 Å². The van der Waals surface area contributed by atoms with Gasteiger partial charge in [0.2, 0.25) is 0 Å². The Morgan fingerprint density at radius 3 is 2.20 bits per heavy atom. The van der Waals surface area contributed by atoms with Crippen LogP contribution in [-0.2, 0) is 15.3 Å². The van der Waals surface area contributed by atoms with Gasteiger partial charge in [-0.1, -0.05) is 36.7 Å². The lowest BCUT2D eigenvalue weighted by molar-refractivity contribution is 0.511. The molecule has 0 saturated heterocycles. The third-order valence-corrected chi connectivity index (χ3v) is 6.57. The predicted octanol–water partition coefficient (Wildman–Crippen LogP) is 4.27. The van der Waals surface area contributed by atoms with Crippen molar-refractivity contribution >= 4 is 44.6 Å². The van der Waals surface area contributed by atoms with Gasteiger partial charge in [0.05, 0.1) is 5.75 Å². The molecule has 1 aromatic carbocycles. The van der Waals surface area contributed by atoms with Crippen molar-refractivity contribution in [1.29, 1.82) is 0 Å². The predicted molar refractivity (Wildman–Crippen MR) is 88.1 cm³/mol. The number of halogens is 3. The number of hydrogen-bond acceptors (Lipinski definition) is 2. The summed E-state index contributed by atoms with van der Waals surface area (Å²) >= 11 is 18.4. The molecule has 0 radical (unpaired) electrons. The van der Waals surface area contributed by atoms with Crippen molar-refractivity contribution in [2.24, 2.45) is 0 Å². The Morgan fingerprint density at radius 2 is 1.70 bits per heavy atom. The topological polar surface area (TPSA) is 34.1 Å². The molecule has 0 amide bonds. The Labute approximate surface area is 136 Å². The fourth-order valence-corrected chi connectivity index (χ4v) is 4.81. The first-order valence-electron chi connectivity index (χ1n) is 6.48. The molecule has 114 valence electrons. The molecule has 0 unspecified atom stereocenters. The SMILES string of the molecule is CCCS(=O)(=O)CCC(CCl)(CCl)c1ccccc1Cl. The molecule has 0 heterocycles. The van der Waals surface area contributed by atoms with E-state index in [9.17, 15) is 8.42 Å². The second kappa shape index (κ2) is 7.88. The Morgan fingerprint density at radius 1 is 1.10 bits per heavy atom. The third kappa shape index (κ3) is 4.52. The molecule has 0 aliphatic carbocycles. The molecule has 0 saturated carbocycles. The third-order valence-electron chi connectivity index (χ3n) is 3.36. The molecular weight excluding hydrogens is 339 g/mol. The fraction of sp³-hybridized carbons (Fsp3) is 0.571. The average Bonchev–Trinajstić information content (AvgIpc) is 2.42. The normalized spacial score (nSPS) is 12.6. The van der Waals surface area contributed by atoms with Gasteiger partial charge in [0.15, 0.2) is 0 Å². The number of rotatable bonds is 8. The van der Waals surface area contributed by atoms with E-state index in [1.54, 1.807) is 6.07 Å². The molecule has 0 aromatic heterocycles. The van der Waals surface area contributed by atoms with Crippen molar-refractivity contribution in [3.8, 4) is 0 Å². The highest BCUT2D eigenvalue weighted by Crippen LogP contribution is 2.36. The molecule has 0 spiro atoms. The lowest BCUT2D eigenvalue weighted by atomic mass is 9.81. The second-order valence-corrected chi connectivity index (χ2v) is 8.17. The molecule has 0 N–H and O–H groups in total. The largest absolute Gasteiger partial charge is 0.229 e. The van der Waals surface area contributed by atoms with E-state index in [0.717, 1.165) is 5.56 Å². The quantitative estimate of drug-likeness (QED) is 0.651. The minimum atomic E-state index is -3.07. The highest BCUT2D eigenvalue weighted by molar-refractivity contribution is 7.91. The lowest BCUT2D eigenvalue weighted by Crippen LogP contribution is -2.34. The zero-order valence-corrected chi connectivity index (χ0v) is 14.5. The van der Waals surface area contributed by atoms with Gasteiger partial charge in [-0.3, -0.25) is 0 Å². The average molecular weight is 358 g/mol. The molecule has 0 atom stereocenters. The van der Waals surface area contributed by atoms with Gasteiger partial charge in [-0.05, 0) is 24.5 Å². The molecule has 1 rings (SSSR count). The summed E-state index contributed by atoms with van der Waals surface area (Å²) in [6, 6.07) is 7.31. The highest BCUT2D eigenvalue weighted by atomic mass is 35.5. The van der Waals surface area contributed by atoms with Crippen molar-refractivity contribution in [2.45, 2.75) is 25.2 Å². The molecular formula is C14H19Cl3O2S. The fourth-order valence-electron chi connectivity index (χ4n) is 2.10. The van der Waals surface area contributed by atoms with Gasteiger partial charge in [-0.15, -0.1) is 23.2 Å². The Bertz CT molecular complexity index is 525. The zero-order chi connectivity index (χ0) is 15.2. The van der Waals surface area contributed by atoms with Crippen LogP contribution in [0.5, 0.6) is 0 Å². The maximum Gasteiger partial charge on any atom is 0.150 e. The van der Waals surface area contributed by atoms with Gasteiger partial charge in [0, 0.05) is 28.0 Å². The maximum atomic E-state index is 11.9. The maximum absolute atomic E-state index is 11.9. The van der Waals surface area contributed by atoms with Crippen LogP contribution in [0.2, 0.25) is 5.02 Å². The van der Waals surface area contributed by atoms with Crippen LogP contribution in [0.25, 0.3) is 0 Å². The number of hydrogen-bond donors (Lipinski definition) is 0. The lowest BCUT2D eigenvalue weighted by Gasteiger charge is -2.31. The van der Waals surface area contributed by atoms with E-state index in [2.05, 4.69) is 0 Å². The minimum Gasteiger partial charge on any atom is -0.229 e. The Balaban J connectivity index is 3.02. The number of alkyl halides is 2. The van der Waals surface area contributed by atoms with Crippen molar-refractivity contribution < 1.29 is 8.42 Å². The first-order chi connectivity index (χ1) is 9.40. The Kier molecular flexibility index (Phi) is 7.13. The van der Waals surface area contributed by atoms with E-state index in [4.69, 9.17) is 34.8 Å². The summed E-state index contributed by atoms with van der Waals surface area (Å²) in [5.74, 6) is 0.742. The summed E-state index contributed by atoms with van der Waals surface area (Å²) in [5, 5.41) is 0.571. The standard InChI is InChI=1S/C14H19Cl3O2S/c1-2-8-20(18,19)9-7-14(10-15,11-16)12-5-3-4-6-13(12)17/h3-6H,2,7-11H2,1H3. The summed E-state index contributed by atoms with van der Waals surface area (Å²) in [6.07, 6.45) is 0.995. The Hall–Kier alpha value is 0.0400. The van der Waals surface area contributed by atoms with E-state index in [1.807, 2.05) is 25.1 Å². The minimum absolute atomic E-state index is 0.0749. The molecule has 0 bridgehead atoms. The van der Waals surface area contributed by atoms with Gasteiger partial charge < -0.3 is 0 Å². The summed E-state index contributed by atoms with van der Waals surface area (Å²) in [5.41, 5.74) is 0.209. The summed E-state index contributed by atoms with van der Waals surface area (Å²) < 4.78 is 23.8. The van der Waals surface area contributed by atoms with E-state index in [-0.39, 0.29) is 23.3 Å². The van der Waals surface area contributed by atoms with E-state index >= 15 is 0 Å². The van der Waals surface area contributed by atoms with Crippen molar-refractivity contribution in [3.63, 3.8) is 0 Å². The molecule has 0 aliphatic heterocycles. The molecule has 0 aliphatic rings. The van der Waals surface area contributed by atoms with Crippen LogP contribution in [0.3, 0.4) is 0 Å². The summed E-state index contributed by atoms with van der Waals surface area (Å²) in [7, 11) is -3.07. The van der Waals surface area contributed by atoms with E-state index in [0.29, 0.717) is 17.9 Å². The van der Waals surface area contributed by atoms with Crippen LogP contribution in [0, 0.1) is 0 Å². The molecule has 6 heteroatoms. The first-order valence-corrected chi connectivity index (χ1v) is 9.75. The van der Waals surface area contributed by atoms with E-state index in [1.165, 1.54) is 0 Å². The van der Waals surface area contributed by atoms with Crippen molar-refractivity contribution in [3.05, 3.63) is 34.9 Å². The van der Waals surface area contributed by atoms with Crippen LogP contribution in [-0.4, -0.2) is 31.7 Å². The summed E-state index contributed by atoms with van der Waals surface area (Å²) in [6.45, 7) is 1.85. The van der Waals surface area contributed by atoms with Gasteiger partial charge in [-0.25, -0.2) is 8.42 Å². The van der Waals surface area contributed by atoms with Gasteiger partial charge in [0.1, 0.15) is 9.84 Å². The van der Waals surface area contributed by atoms with Crippen molar-refractivity contribution in [1.82, 2.24) is 0 Å². The molecule has 2 nitrogen and oxygen atoms in total.